The Labute approximate surface area is 114 Å². The first-order valence-electron chi connectivity index (χ1n) is 7.16. The van der Waals surface area contributed by atoms with E-state index < -0.39 is 0 Å². The molecule has 4 heteroatoms. The van der Waals surface area contributed by atoms with Gasteiger partial charge in [0.05, 0.1) is 0 Å². The van der Waals surface area contributed by atoms with Crippen molar-refractivity contribution in [3.63, 3.8) is 0 Å². The molecule has 0 spiro atoms. The van der Waals surface area contributed by atoms with Gasteiger partial charge < -0.3 is 16.0 Å². The third-order valence-electron chi connectivity index (χ3n) is 4.21. The predicted octanol–water partition coefficient (Wildman–Crippen LogP) is 1.57. The van der Waals surface area contributed by atoms with Gasteiger partial charge in [-0.05, 0) is 37.3 Å². The van der Waals surface area contributed by atoms with Crippen LogP contribution in [0.5, 0.6) is 0 Å². The lowest BCUT2D eigenvalue weighted by Gasteiger charge is -2.38. The van der Waals surface area contributed by atoms with Gasteiger partial charge in [0.2, 0.25) is 5.91 Å². The number of carbonyl (C=O) groups is 1. The monoisotopic (exact) mass is 259 g/mol. The minimum absolute atomic E-state index is 0.0313. The second kappa shape index (κ2) is 5.21. The van der Waals surface area contributed by atoms with Gasteiger partial charge in [-0.1, -0.05) is 18.2 Å². The van der Waals surface area contributed by atoms with E-state index in [4.69, 9.17) is 5.73 Å². The second-order valence-electron chi connectivity index (χ2n) is 5.45. The van der Waals surface area contributed by atoms with Crippen LogP contribution in [-0.2, 0) is 4.79 Å². The molecule has 2 aliphatic rings. The molecule has 102 valence electrons. The highest BCUT2D eigenvalue weighted by Gasteiger charge is 2.32. The highest BCUT2D eigenvalue weighted by Crippen LogP contribution is 2.34. The third kappa shape index (κ3) is 2.32. The van der Waals surface area contributed by atoms with E-state index in [1.807, 2.05) is 12.1 Å². The van der Waals surface area contributed by atoms with E-state index in [2.05, 4.69) is 22.3 Å². The van der Waals surface area contributed by atoms with Crippen molar-refractivity contribution in [1.82, 2.24) is 5.32 Å². The van der Waals surface area contributed by atoms with Gasteiger partial charge in [0.1, 0.15) is 6.04 Å². The molecule has 0 bridgehead atoms. The molecule has 1 amide bonds. The van der Waals surface area contributed by atoms with Gasteiger partial charge in [0.25, 0.3) is 0 Å². The molecule has 2 aliphatic heterocycles. The van der Waals surface area contributed by atoms with Crippen molar-refractivity contribution < 1.29 is 4.79 Å². The van der Waals surface area contributed by atoms with Crippen LogP contribution in [0.2, 0.25) is 0 Å². The van der Waals surface area contributed by atoms with E-state index >= 15 is 0 Å². The number of nitrogens with two attached hydrogens (primary N) is 1. The van der Waals surface area contributed by atoms with Crippen molar-refractivity contribution in [3.05, 3.63) is 29.8 Å². The van der Waals surface area contributed by atoms with Gasteiger partial charge in [-0.25, -0.2) is 0 Å². The summed E-state index contributed by atoms with van der Waals surface area (Å²) in [7, 11) is 0. The summed E-state index contributed by atoms with van der Waals surface area (Å²) in [4.78, 5) is 14.5. The Morgan fingerprint density at radius 3 is 2.95 bits per heavy atom. The minimum atomic E-state index is -0.0313. The second-order valence-corrected chi connectivity index (χ2v) is 5.45. The third-order valence-corrected chi connectivity index (χ3v) is 4.21. The molecule has 1 fully saturated rings. The average Bonchev–Trinajstić information content (AvgIpc) is 2.65. The van der Waals surface area contributed by atoms with Crippen molar-refractivity contribution in [2.24, 2.45) is 5.73 Å². The van der Waals surface area contributed by atoms with Gasteiger partial charge in [-0.15, -0.1) is 0 Å². The van der Waals surface area contributed by atoms with Gasteiger partial charge >= 0.3 is 0 Å². The Morgan fingerprint density at radius 1 is 1.21 bits per heavy atom. The molecule has 4 nitrogen and oxygen atoms in total. The Balaban J connectivity index is 1.93. The molecule has 0 aliphatic carbocycles. The van der Waals surface area contributed by atoms with Crippen LogP contribution in [0.1, 0.15) is 37.3 Å². The molecule has 3 N–H and O–H groups in total. The highest BCUT2D eigenvalue weighted by atomic mass is 16.2. The number of carbonyl (C=O) groups excluding carboxylic acids is 1. The number of nitrogens with zero attached hydrogens (tertiary/aromatic N) is 1. The topological polar surface area (TPSA) is 58.4 Å². The van der Waals surface area contributed by atoms with Crippen LogP contribution in [0, 0.1) is 0 Å². The number of anilines is 1. The van der Waals surface area contributed by atoms with Crippen LogP contribution in [0.4, 0.5) is 5.69 Å². The molecular formula is C15H21N3O. The zero-order valence-electron chi connectivity index (χ0n) is 11.1. The Bertz CT molecular complexity index is 474. The van der Waals surface area contributed by atoms with Gasteiger partial charge in [0.15, 0.2) is 0 Å². The summed E-state index contributed by atoms with van der Waals surface area (Å²) < 4.78 is 0. The lowest BCUT2D eigenvalue weighted by molar-refractivity contribution is -0.122. The molecule has 19 heavy (non-hydrogen) atoms. The molecule has 2 heterocycles. The lowest BCUT2D eigenvalue weighted by Crippen LogP contribution is -2.49. The van der Waals surface area contributed by atoms with Crippen LogP contribution in [-0.4, -0.2) is 25.0 Å². The maximum absolute atomic E-state index is 12.2. The number of nitrogens with one attached hydrogen (secondary N) is 1. The maximum atomic E-state index is 12.2. The fraction of sp³-hybridized carbons (Fsp3) is 0.533. The standard InChI is InChI=1S/C15H21N3O/c16-12-8-10-18(13-6-2-1-5-11(12)13)14-7-3-4-9-17-15(14)19/h1-2,5-6,12,14H,3-4,7-10,16H2,(H,17,19). The summed E-state index contributed by atoms with van der Waals surface area (Å²) >= 11 is 0. The van der Waals surface area contributed by atoms with Crippen LogP contribution >= 0.6 is 0 Å². The fourth-order valence-electron chi connectivity index (χ4n) is 3.16. The number of benzene rings is 1. The SMILES string of the molecule is NC1CCN(C2CCCCNC2=O)c2ccccc21. The number of hydrogen-bond donors (Lipinski definition) is 2. The quantitative estimate of drug-likeness (QED) is 0.805. The average molecular weight is 259 g/mol. The number of para-hydroxylation sites is 1. The first-order valence-corrected chi connectivity index (χ1v) is 7.16. The fourth-order valence-corrected chi connectivity index (χ4v) is 3.16. The Hall–Kier alpha value is -1.55. The van der Waals surface area contributed by atoms with Crippen LogP contribution in [0.15, 0.2) is 24.3 Å². The summed E-state index contributed by atoms with van der Waals surface area (Å²) in [6.45, 7) is 1.68. The normalized spacial score (nSPS) is 27.4. The molecular weight excluding hydrogens is 238 g/mol. The van der Waals surface area contributed by atoms with Crippen molar-refractivity contribution >= 4 is 11.6 Å². The summed E-state index contributed by atoms with van der Waals surface area (Å²) in [5.41, 5.74) is 8.49. The molecule has 2 unspecified atom stereocenters. The molecule has 2 atom stereocenters. The zero-order valence-corrected chi connectivity index (χ0v) is 11.1. The zero-order chi connectivity index (χ0) is 13.2. The molecule has 1 saturated heterocycles. The number of amides is 1. The molecule has 0 saturated carbocycles. The van der Waals surface area contributed by atoms with Crippen molar-refractivity contribution in [3.8, 4) is 0 Å². The Kier molecular flexibility index (Phi) is 3.42. The van der Waals surface area contributed by atoms with Crippen molar-refractivity contribution in [1.29, 1.82) is 0 Å². The largest absolute Gasteiger partial charge is 0.359 e. The van der Waals surface area contributed by atoms with Crippen molar-refractivity contribution in [2.45, 2.75) is 37.8 Å². The summed E-state index contributed by atoms with van der Waals surface area (Å²) in [6.07, 6.45) is 4.04. The van der Waals surface area contributed by atoms with E-state index in [9.17, 15) is 4.79 Å². The maximum Gasteiger partial charge on any atom is 0.242 e. The lowest BCUT2D eigenvalue weighted by atomic mass is 9.94. The molecule has 3 rings (SSSR count). The van der Waals surface area contributed by atoms with E-state index in [0.717, 1.165) is 44.5 Å². The molecule has 0 radical (unpaired) electrons. The van der Waals surface area contributed by atoms with Crippen molar-refractivity contribution in [2.75, 3.05) is 18.0 Å². The Morgan fingerprint density at radius 2 is 2.05 bits per heavy atom. The summed E-state index contributed by atoms with van der Waals surface area (Å²) in [5, 5.41) is 3.02. The van der Waals surface area contributed by atoms with Crippen LogP contribution in [0.25, 0.3) is 0 Å². The highest BCUT2D eigenvalue weighted by molar-refractivity contribution is 5.86. The molecule has 1 aromatic carbocycles. The van der Waals surface area contributed by atoms with Gasteiger partial charge in [-0.2, -0.15) is 0 Å². The smallest absolute Gasteiger partial charge is 0.242 e. The molecule has 0 aromatic heterocycles. The number of fused-ring (bicyclic) bond motifs is 1. The number of rotatable bonds is 1. The first-order chi connectivity index (χ1) is 9.27. The first kappa shape index (κ1) is 12.5. The van der Waals surface area contributed by atoms with E-state index in [1.54, 1.807) is 0 Å². The van der Waals surface area contributed by atoms with E-state index in [-0.39, 0.29) is 18.0 Å². The molecule has 1 aromatic rings. The van der Waals surface area contributed by atoms with Gasteiger partial charge in [0, 0.05) is 24.8 Å². The van der Waals surface area contributed by atoms with E-state index in [0.29, 0.717) is 0 Å². The van der Waals surface area contributed by atoms with Crippen LogP contribution < -0.4 is 16.0 Å². The minimum Gasteiger partial charge on any atom is -0.359 e. The summed E-state index contributed by atoms with van der Waals surface area (Å²) in [6, 6.07) is 8.29. The van der Waals surface area contributed by atoms with Gasteiger partial charge in [-0.3, -0.25) is 4.79 Å². The van der Waals surface area contributed by atoms with Crippen LogP contribution in [0.3, 0.4) is 0 Å². The van der Waals surface area contributed by atoms with E-state index in [1.165, 1.54) is 5.56 Å². The predicted molar refractivity (Wildman–Crippen MR) is 76.0 cm³/mol. The number of hydrogen-bond acceptors (Lipinski definition) is 3. The summed E-state index contributed by atoms with van der Waals surface area (Å²) in [5.74, 6) is 0.169.